The van der Waals surface area contributed by atoms with Gasteiger partial charge in [0.1, 0.15) is 0 Å². The smallest absolute Gasteiger partial charge is 0.246 e. The first-order chi connectivity index (χ1) is 11.5. The molecule has 0 bridgehead atoms. The molecule has 24 heavy (non-hydrogen) atoms. The Morgan fingerprint density at radius 3 is 2.71 bits per heavy atom. The molecule has 2 rings (SSSR count). The Kier molecular flexibility index (Phi) is 6.44. The van der Waals surface area contributed by atoms with Crippen LogP contribution in [0.5, 0.6) is 11.5 Å². The van der Waals surface area contributed by atoms with Gasteiger partial charge in [0, 0.05) is 18.0 Å². The van der Waals surface area contributed by atoms with E-state index in [0.29, 0.717) is 18.0 Å². The van der Waals surface area contributed by atoms with Crippen LogP contribution in [-0.2, 0) is 11.3 Å². The van der Waals surface area contributed by atoms with E-state index in [-0.39, 0.29) is 12.0 Å². The lowest BCUT2D eigenvalue weighted by atomic mass is 10.2. The minimum absolute atomic E-state index is 0.0372. The van der Waals surface area contributed by atoms with Crippen molar-refractivity contribution in [1.29, 1.82) is 0 Å². The van der Waals surface area contributed by atoms with Gasteiger partial charge in [-0.05, 0) is 49.1 Å². The zero-order valence-corrected chi connectivity index (χ0v) is 15.3. The van der Waals surface area contributed by atoms with Crippen molar-refractivity contribution < 1.29 is 14.3 Å². The number of amides is 1. The van der Waals surface area contributed by atoms with E-state index in [2.05, 4.69) is 0 Å². The molecule has 0 unspecified atom stereocenters. The number of ether oxygens (including phenoxy) is 2. The number of nitrogens with zero attached hydrogens (tertiary/aromatic N) is 1. The Labute approximate surface area is 147 Å². The maximum atomic E-state index is 12.2. The fourth-order valence-corrected chi connectivity index (χ4v) is 2.91. The molecule has 128 valence electrons. The molecule has 2 aromatic rings. The van der Waals surface area contributed by atoms with Crippen LogP contribution in [0.2, 0.25) is 0 Å². The summed E-state index contributed by atoms with van der Waals surface area (Å²) in [4.78, 5) is 15.1. The van der Waals surface area contributed by atoms with Gasteiger partial charge in [-0.3, -0.25) is 4.79 Å². The molecule has 1 heterocycles. The fourth-order valence-electron chi connectivity index (χ4n) is 2.15. The lowest BCUT2D eigenvalue weighted by molar-refractivity contribution is -0.125. The largest absolute Gasteiger partial charge is 0.493 e. The average Bonchev–Trinajstić information content (AvgIpc) is 3.05. The number of likely N-dealkylation sites (N-methyl/N-ethyl adjacent to an activating group) is 1. The first kappa shape index (κ1) is 18.1. The van der Waals surface area contributed by atoms with Crippen molar-refractivity contribution in [3.05, 3.63) is 52.2 Å². The molecular weight excluding hydrogens is 322 g/mol. The van der Waals surface area contributed by atoms with Gasteiger partial charge in [-0.1, -0.05) is 12.1 Å². The first-order valence-corrected chi connectivity index (χ1v) is 8.68. The van der Waals surface area contributed by atoms with Crippen LogP contribution in [0.1, 0.15) is 24.3 Å². The van der Waals surface area contributed by atoms with Crippen molar-refractivity contribution in [2.75, 3.05) is 14.2 Å². The molecule has 5 heteroatoms. The number of thiophene rings is 1. The van der Waals surface area contributed by atoms with Crippen molar-refractivity contribution >= 4 is 23.3 Å². The second kappa shape index (κ2) is 8.55. The van der Waals surface area contributed by atoms with E-state index < -0.39 is 0 Å². The topological polar surface area (TPSA) is 38.8 Å². The molecular formula is C19H23NO3S. The lowest BCUT2D eigenvalue weighted by Gasteiger charge is -2.14. The highest BCUT2D eigenvalue weighted by Gasteiger charge is 2.08. The van der Waals surface area contributed by atoms with Gasteiger partial charge in [0.2, 0.25) is 5.91 Å². The number of hydrogen-bond acceptors (Lipinski definition) is 4. The second-order valence-electron chi connectivity index (χ2n) is 5.68. The van der Waals surface area contributed by atoms with E-state index in [1.165, 1.54) is 0 Å². The summed E-state index contributed by atoms with van der Waals surface area (Å²) in [6.07, 6.45) is 3.44. The Balaban J connectivity index is 2.03. The molecule has 0 aliphatic carbocycles. The monoisotopic (exact) mass is 345 g/mol. The maximum absolute atomic E-state index is 12.2. The molecule has 1 aromatic carbocycles. The van der Waals surface area contributed by atoms with E-state index >= 15 is 0 Å². The summed E-state index contributed by atoms with van der Waals surface area (Å²) in [5.74, 6) is 1.32. The van der Waals surface area contributed by atoms with E-state index in [1.54, 1.807) is 42.5 Å². The van der Waals surface area contributed by atoms with E-state index in [1.807, 2.05) is 49.6 Å². The van der Waals surface area contributed by atoms with Crippen molar-refractivity contribution in [3.8, 4) is 11.5 Å². The molecule has 0 fully saturated rings. The summed E-state index contributed by atoms with van der Waals surface area (Å²) in [5.41, 5.74) is 0.890. The molecule has 1 aromatic heterocycles. The molecule has 0 saturated carbocycles. The Morgan fingerprint density at radius 2 is 2.08 bits per heavy atom. The van der Waals surface area contributed by atoms with Gasteiger partial charge in [0.05, 0.1) is 19.8 Å². The van der Waals surface area contributed by atoms with Gasteiger partial charge in [-0.25, -0.2) is 0 Å². The maximum Gasteiger partial charge on any atom is 0.246 e. The van der Waals surface area contributed by atoms with Crippen molar-refractivity contribution in [2.24, 2.45) is 0 Å². The van der Waals surface area contributed by atoms with Crippen LogP contribution >= 0.6 is 11.3 Å². The zero-order chi connectivity index (χ0) is 17.5. The van der Waals surface area contributed by atoms with Crippen LogP contribution in [0.3, 0.4) is 0 Å². The molecule has 0 spiro atoms. The second-order valence-corrected chi connectivity index (χ2v) is 6.72. The lowest BCUT2D eigenvalue weighted by Crippen LogP contribution is -2.23. The number of hydrogen-bond donors (Lipinski definition) is 0. The summed E-state index contributed by atoms with van der Waals surface area (Å²) >= 11 is 1.65. The molecule has 0 saturated heterocycles. The predicted octanol–water partition coefficient (Wildman–Crippen LogP) is 4.22. The van der Waals surface area contributed by atoms with E-state index in [0.717, 1.165) is 10.4 Å². The quantitative estimate of drug-likeness (QED) is 0.706. The SMILES string of the molecule is COc1cc(/C=C/C(=O)N(C)Cc2cccs2)ccc1OC(C)C. The molecule has 0 N–H and O–H groups in total. The molecule has 0 atom stereocenters. The number of benzene rings is 1. The third kappa shape index (κ3) is 5.13. The Hall–Kier alpha value is -2.27. The third-order valence-electron chi connectivity index (χ3n) is 3.32. The van der Waals surface area contributed by atoms with Crippen molar-refractivity contribution in [3.63, 3.8) is 0 Å². The van der Waals surface area contributed by atoms with Gasteiger partial charge in [0.15, 0.2) is 11.5 Å². The number of methoxy groups -OCH3 is 1. The van der Waals surface area contributed by atoms with Crippen molar-refractivity contribution in [2.45, 2.75) is 26.5 Å². The number of carbonyl (C=O) groups is 1. The molecule has 4 nitrogen and oxygen atoms in total. The van der Waals surface area contributed by atoms with Crippen molar-refractivity contribution in [1.82, 2.24) is 4.90 Å². The summed E-state index contributed by atoms with van der Waals surface area (Å²) in [7, 11) is 3.41. The van der Waals surface area contributed by atoms with Gasteiger partial charge >= 0.3 is 0 Å². The van der Waals surface area contributed by atoms with Gasteiger partial charge in [0.25, 0.3) is 0 Å². The summed E-state index contributed by atoms with van der Waals surface area (Å²) in [6, 6.07) is 9.64. The van der Waals surface area contributed by atoms with E-state index in [9.17, 15) is 4.79 Å². The summed E-state index contributed by atoms with van der Waals surface area (Å²) in [6.45, 7) is 4.55. The third-order valence-corrected chi connectivity index (χ3v) is 4.18. The van der Waals surface area contributed by atoms with Crippen LogP contribution in [0.4, 0.5) is 0 Å². The van der Waals surface area contributed by atoms with Gasteiger partial charge in [-0.2, -0.15) is 0 Å². The number of carbonyl (C=O) groups excluding carboxylic acids is 1. The number of rotatable bonds is 7. The van der Waals surface area contributed by atoms with Gasteiger partial charge < -0.3 is 14.4 Å². The highest BCUT2D eigenvalue weighted by molar-refractivity contribution is 7.09. The van der Waals surface area contributed by atoms with Crippen LogP contribution in [0, 0.1) is 0 Å². The highest BCUT2D eigenvalue weighted by atomic mass is 32.1. The normalized spacial score (nSPS) is 11.0. The molecule has 0 aliphatic heterocycles. The molecule has 0 aliphatic rings. The van der Waals surface area contributed by atoms with Crippen LogP contribution in [0.15, 0.2) is 41.8 Å². The molecule has 1 amide bonds. The minimum atomic E-state index is -0.0372. The predicted molar refractivity (Wildman–Crippen MR) is 98.6 cm³/mol. The summed E-state index contributed by atoms with van der Waals surface area (Å²) in [5, 5.41) is 2.01. The Bertz CT molecular complexity index is 693. The average molecular weight is 345 g/mol. The van der Waals surface area contributed by atoms with E-state index in [4.69, 9.17) is 9.47 Å². The minimum Gasteiger partial charge on any atom is -0.493 e. The van der Waals surface area contributed by atoms with Crippen LogP contribution < -0.4 is 9.47 Å². The zero-order valence-electron chi connectivity index (χ0n) is 14.5. The van der Waals surface area contributed by atoms with Crippen LogP contribution in [-0.4, -0.2) is 31.1 Å². The fraction of sp³-hybridized carbons (Fsp3) is 0.316. The van der Waals surface area contributed by atoms with Gasteiger partial charge in [-0.15, -0.1) is 11.3 Å². The Morgan fingerprint density at radius 1 is 1.29 bits per heavy atom. The van der Waals surface area contributed by atoms with Crippen LogP contribution in [0.25, 0.3) is 6.08 Å². The first-order valence-electron chi connectivity index (χ1n) is 7.80. The highest BCUT2D eigenvalue weighted by Crippen LogP contribution is 2.29. The standard InChI is InChI=1S/C19H23NO3S/c1-14(2)23-17-9-7-15(12-18(17)22-4)8-10-19(21)20(3)13-16-6-5-11-24-16/h5-12,14H,13H2,1-4H3/b10-8+. The summed E-state index contributed by atoms with van der Waals surface area (Å²) < 4.78 is 11.0. The molecule has 0 radical (unpaired) electrons.